The van der Waals surface area contributed by atoms with Gasteiger partial charge in [0.25, 0.3) is 5.91 Å². The molecule has 0 heterocycles. The monoisotopic (exact) mass is 425 g/mol. The number of nitrogens with one attached hydrogen (secondary N) is 2. The Balaban J connectivity index is 1.75. The Morgan fingerprint density at radius 1 is 1.00 bits per heavy atom. The van der Waals surface area contributed by atoms with E-state index in [-0.39, 0.29) is 41.9 Å². The van der Waals surface area contributed by atoms with Gasteiger partial charge >= 0.3 is 0 Å². The summed E-state index contributed by atoms with van der Waals surface area (Å²) >= 11 is 11.7. The van der Waals surface area contributed by atoms with Crippen LogP contribution in [0.4, 0.5) is 4.39 Å². The summed E-state index contributed by atoms with van der Waals surface area (Å²) in [5.74, 6) is -1.74. The standard InChI is InChI=1S/C19H18Cl2FN3O3/c1-25(11-12-2-5-14(22)6-3-12)18(27)10-23-17(26)9-24-19(28)15-7-4-13(20)8-16(15)21/h2-8H,9-11H2,1H3,(H,23,26)(H,24,28). The third-order valence-corrected chi connectivity index (χ3v) is 4.33. The maximum Gasteiger partial charge on any atom is 0.253 e. The number of likely N-dealkylation sites (N-methyl/N-ethyl adjacent to an activating group) is 1. The maximum absolute atomic E-state index is 12.9. The second kappa shape index (κ2) is 10.1. The Hall–Kier alpha value is -2.64. The van der Waals surface area contributed by atoms with Gasteiger partial charge in [-0.2, -0.15) is 0 Å². The van der Waals surface area contributed by atoms with Gasteiger partial charge in [0.1, 0.15) is 5.82 Å². The van der Waals surface area contributed by atoms with Crippen molar-refractivity contribution in [2.75, 3.05) is 20.1 Å². The van der Waals surface area contributed by atoms with Crippen LogP contribution >= 0.6 is 23.2 Å². The summed E-state index contributed by atoms with van der Waals surface area (Å²) in [7, 11) is 1.57. The van der Waals surface area contributed by atoms with E-state index in [2.05, 4.69) is 10.6 Å². The van der Waals surface area contributed by atoms with Gasteiger partial charge in [-0.15, -0.1) is 0 Å². The van der Waals surface area contributed by atoms with Gasteiger partial charge in [0.05, 0.1) is 23.7 Å². The molecule has 0 saturated heterocycles. The lowest BCUT2D eigenvalue weighted by Gasteiger charge is -2.17. The van der Waals surface area contributed by atoms with Gasteiger partial charge in [0.15, 0.2) is 0 Å². The molecule has 0 unspecified atom stereocenters. The summed E-state index contributed by atoms with van der Waals surface area (Å²) in [6, 6.07) is 10.2. The van der Waals surface area contributed by atoms with E-state index in [1.807, 2.05) is 0 Å². The van der Waals surface area contributed by atoms with E-state index in [1.165, 1.54) is 35.2 Å². The van der Waals surface area contributed by atoms with Crippen molar-refractivity contribution in [3.05, 3.63) is 69.5 Å². The van der Waals surface area contributed by atoms with Gasteiger partial charge in [-0.3, -0.25) is 14.4 Å². The fourth-order valence-corrected chi connectivity index (χ4v) is 2.75. The number of hydrogen-bond donors (Lipinski definition) is 2. The number of amides is 3. The van der Waals surface area contributed by atoms with Gasteiger partial charge in [-0.1, -0.05) is 35.3 Å². The van der Waals surface area contributed by atoms with Crippen LogP contribution in [0.5, 0.6) is 0 Å². The molecular formula is C19H18Cl2FN3O3. The first kappa shape index (κ1) is 21.7. The Morgan fingerprint density at radius 3 is 2.32 bits per heavy atom. The lowest BCUT2D eigenvalue weighted by Crippen LogP contribution is -2.42. The topological polar surface area (TPSA) is 78.5 Å². The fraction of sp³-hybridized carbons (Fsp3) is 0.211. The third kappa shape index (κ3) is 6.51. The Labute approximate surface area is 171 Å². The number of rotatable bonds is 7. The molecule has 9 heteroatoms. The molecular weight excluding hydrogens is 408 g/mol. The molecule has 0 aliphatic heterocycles. The van der Waals surface area contributed by atoms with E-state index in [4.69, 9.17) is 23.2 Å². The molecule has 0 atom stereocenters. The first-order valence-electron chi connectivity index (χ1n) is 8.24. The van der Waals surface area contributed by atoms with Crippen LogP contribution in [0.3, 0.4) is 0 Å². The molecule has 2 aromatic rings. The maximum atomic E-state index is 12.9. The molecule has 0 spiro atoms. The van der Waals surface area contributed by atoms with E-state index >= 15 is 0 Å². The Morgan fingerprint density at radius 2 is 1.68 bits per heavy atom. The summed E-state index contributed by atoms with van der Waals surface area (Å²) < 4.78 is 12.9. The van der Waals surface area contributed by atoms with E-state index in [0.29, 0.717) is 5.02 Å². The third-order valence-electron chi connectivity index (χ3n) is 3.78. The van der Waals surface area contributed by atoms with Crippen molar-refractivity contribution in [1.82, 2.24) is 15.5 Å². The van der Waals surface area contributed by atoms with Crippen LogP contribution < -0.4 is 10.6 Å². The van der Waals surface area contributed by atoms with Crippen LogP contribution in [-0.4, -0.2) is 42.8 Å². The number of hydrogen-bond acceptors (Lipinski definition) is 3. The fourth-order valence-electron chi connectivity index (χ4n) is 2.25. The van der Waals surface area contributed by atoms with E-state index < -0.39 is 11.8 Å². The molecule has 0 fully saturated rings. The van der Waals surface area contributed by atoms with Crippen molar-refractivity contribution < 1.29 is 18.8 Å². The van der Waals surface area contributed by atoms with Crippen molar-refractivity contribution in [2.45, 2.75) is 6.54 Å². The molecule has 0 aliphatic carbocycles. The Kier molecular flexibility index (Phi) is 7.78. The molecule has 2 rings (SSSR count). The predicted octanol–water partition coefficient (Wildman–Crippen LogP) is 2.64. The summed E-state index contributed by atoms with van der Waals surface area (Å²) in [4.78, 5) is 37.4. The Bertz CT molecular complexity index is 875. The highest BCUT2D eigenvalue weighted by atomic mass is 35.5. The SMILES string of the molecule is CN(Cc1ccc(F)cc1)C(=O)CNC(=O)CNC(=O)c1ccc(Cl)cc1Cl. The normalized spacial score (nSPS) is 10.3. The molecule has 0 radical (unpaired) electrons. The molecule has 0 bridgehead atoms. The van der Waals surface area contributed by atoms with Gasteiger partial charge in [0.2, 0.25) is 11.8 Å². The van der Waals surface area contributed by atoms with Gasteiger partial charge in [-0.05, 0) is 35.9 Å². The zero-order valence-corrected chi connectivity index (χ0v) is 16.5. The minimum Gasteiger partial charge on any atom is -0.345 e. The average molecular weight is 426 g/mol. The summed E-state index contributed by atoms with van der Waals surface area (Å²) in [5, 5.41) is 5.41. The molecule has 2 N–H and O–H groups in total. The highest BCUT2D eigenvalue weighted by Gasteiger charge is 2.14. The van der Waals surface area contributed by atoms with Crippen molar-refractivity contribution in [3.8, 4) is 0 Å². The molecule has 148 valence electrons. The minimum absolute atomic E-state index is 0.169. The van der Waals surface area contributed by atoms with E-state index in [9.17, 15) is 18.8 Å². The lowest BCUT2D eigenvalue weighted by molar-refractivity contribution is -0.132. The first-order chi connectivity index (χ1) is 13.3. The molecule has 0 saturated carbocycles. The second-order valence-electron chi connectivity index (χ2n) is 5.96. The molecule has 6 nitrogen and oxygen atoms in total. The summed E-state index contributed by atoms with van der Waals surface area (Å²) in [5.41, 5.74) is 0.949. The van der Waals surface area contributed by atoms with Gasteiger partial charge in [0, 0.05) is 18.6 Å². The van der Waals surface area contributed by atoms with Crippen molar-refractivity contribution >= 4 is 40.9 Å². The van der Waals surface area contributed by atoms with Crippen LogP contribution in [0.25, 0.3) is 0 Å². The van der Waals surface area contributed by atoms with Crippen LogP contribution in [0, 0.1) is 5.82 Å². The highest BCUT2D eigenvalue weighted by molar-refractivity contribution is 6.36. The van der Waals surface area contributed by atoms with E-state index in [1.54, 1.807) is 19.2 Å². The number of halogens is 3. The predicted molar refractivity (Wildman–Crippen MR) is 105 cm³/mol. The average Bonchev–Trinajstić information content (AvgIpc) is 2.65. The molecule has 0 aliphatic rings. The number of carbonyl (C=O) groups is 3. The van der Waals surface area contributed by atoms with Crippen molar-refractivity contribution in [1.29, 1.82) is 0 Å². The minimum atomic E-state index is -0.531. The highest BCUT2D eigenvalue weighted by Crippen LogP contribution is 2.20. The van der Waals surface area contributed by atoms with Crippen LogP contribution in [0.1, 0.15) is 15.9 Å². The largest absolute Gasteiger partial charge is 0.345 e. The summed E-state index contributed by atoms with van der Waals surface area (Å²) in [6.45, 7) is -0.262. The number of benzene rings is 2. The van der Waals surface area contributed by atoms with Crippen LogP contribution in [0.15, 0.2) is 42.5 Å². The zero-order valence-electron chi connectivity index (χ0n) is 15.0. The summed E-state index contributed by atoms with van der Waals surface area (Å²) in [6.07, 6.45) is 0. The van der Waals surface area contributed by atoms with Crippen LogP contribution in [0.2, 0.25) is 10.0 Å². The second-order valence-corrected chi connectivity index (χ2v) is 6.80. The first-order valence-corrected chi connectivity index (χ1v) is 9.00. The molecule has 28 heavy (non-hydrogen) atoms. The van der Waals surface area contributed by atoms with Crippen molar-refractivity contribution in [2.24, 2.45) is 0 Å². The molecule has 0 aromatic heterocycles. The van der Waals surface area contributed by atoms with Gasteiger partial charge < -0.3 is 15.5 Å². The van der Waals surface area contributed by atoms with Gasteiger partial charge in [-0.25, -0.2) is 4.39 Å². The number of nitrogens with zero attached hydrogens (tertiary/aromatic N) is 1. The number of carbonyl (C=O) groups excluding carboxylic acids is 3. The van der Waals surface area contributed by atoms with E-state index in [0.717, 1.165) is 5.56 Å². The molecule has 2 aromatic carbocycles. The molecule has 3 amide bonds. The lowest BCUT2D eigenvalue weighted by atomic mass is 10.2. The zero-order chi connectivity index (χ0) is 20.7. The van der Waals surface area contributed by atoms with Crippen molar-refractivity contribution in [3.63, 3.8) is 0 Å². The quantitative estimate of drug-likeness (QED) is 0.715. The smallest absolute Gasteiger partial charge is 0.253 e. The van der Waals surface area contributed by atoms with Crippen LogP contribution in [-0.2, 0) is 16.1 Å².